The maximum atomic E-state index is 10.5. The first-order valence-corrected chi connectivity index (χ1v) is 8.62. The summed E-state index contributed by atoms with van der Waals surface area (Å²) < 4.78 is 0. The summed E-state index contributed by atoms with van der Waals surface area (Å²) in [4.78, 5) is 0. The fraction of sp³-hybridized carbons (Fsp3) is 0.455. The number of hydrogen-bond acceptors (Lipinski definition) is 1. The van der Waals surface area contributed by atoms with Crippen molar-refractivity contribution in [1.82, 2.24) is 0 Å². The van der Waals surface area contributed by atoms with Crippen LogP contribution in [-0.2, 0) is 0 Å². The van der Waals surface area contributed by atoms with Crippen molar-refractivity contribution in [3.8, 4) is 0 Å². The molecule has 0 amide bonds. The Morgan fingerprint density at radius 2 is 1.26 bits per heavy atom. The van der Waals surface area contributed by atoms with Crippen LogP contribution in [0.4, 0.5) is 0 Å². The van der Waals surface area contributed by atoms with Crippen molar-refractivity contribution in [1.29, 1.82) is 0 Å². The maximum absolute atomic E-state index is 10.5. The van der Waals surface area contributed by atoms with Crippen LogP contribution in [0.25, 0.3) is 0 Å². The molecule has 23 heavy (non-hydrogen) atoms. The van der Waals surface area contributed by atoms with Crippen LogP contribution >= 0.6 is 0 Å². The van der Waals surface area contributed by atoms with Crippen molar-refractivity contribution in [2.45, 2.75) is 53.1 Å². The van der Waals surface area contributed by atoms with E-state index in [0.717, 1.165) is 11.1 Å². The van der Waals surface area contributed by atoms with Crippen LogP contribution in [0.3, 0.4) is 0 Å². The molecule has 0 heterocycles. The largest absolute Gasteiger partial charge is 0.384 e. The van der Waals surface area contributed by atoms with E-state index in [9.17, 15) is 5.11 Å². The Morgan fingerprint density at radius 3 is 1.74 bits per heavy atom. The number of benzene rings is 2. The Balaban J connectivity index is 2.24. The molecule has 0 aliphatic heterocycles. The summed E-state index contributed by atoms with van der Waals surface area (Å²) >= 11 is 0. The van der Waals surface area contributed by atoms with Crippen LogP contribution in [0, 0.1) is 11.3 Å². The van der Waals surface area contributed by atoms with Gasteiger partial charge in [-0.3, -0.25) is 0 Å². The van der Waals surface area contributed by atoms with E-state index >= 15 is 0 Å². The van der Waals surface area contributed by atoms with E-state index in [1.807, 2.05) is 30.3 Å². The van der Waals surface area contributed by atoms with E-state index < -0.39 is 6.10 Å². The molecule has 2 rings (SSSR count). The highest BCUT2D eigenvalue weighted by molar-refractivity contribution is 5.33. The molecule has 0 radical (unpaired) electrons. The molecule has 0 bridgehead atoms. The summed E-state index contributed by atoms with van der Waals surface area (Å²) in [6, 6.07) is 18.4. The minimum absolute atomic E-state index is 0.240. The summed E-state index contributed by atoms with van der Waals surface area (Å²) in [5.74, 6) is 1.21. The lowest BCUT2D eigenvalue weighted by Gasteiger charge is -2.33. The third-order valence-electron chi connectivity index (χ3n) is 4.52. The van der Waals surface area contributed by atoms with Crippen LogP contribution in [0.15, 0.2) is 54.6 Å². The number of rotatable bonds is 5. The first-order valence-electron chi connectivity index (χ1n) is 8.62. The minimum Gasteiger partial charge on any atom is -0.384 e. The van der Waals surface area contributed by atoms with E-state index in [-0.39, 0.29) is 5.41 Å². The molecule has 0 aliphatic rings. The van der Waals surface area contributed by atoms with Crippen molar-refractivity contribution < 1.29 is 5.11 Å². The lowest BCUT2D eigenvalue weighted by molar-refractivity contribution is 0.220. The molecule has 1 nitrogen and oxygen atoms in total. The fourth-order valence-electron chi connectivity index (χ4n) is 3.20. The third-order valence-corrected chi connectivity index (χ3v) is 4.52. The molecule has 1 heteroatoms. The molecule has 2 unspecified atom stereocenters. The molecule has 2 atom stereocenters. The molecule has 0 saturated carbocycles. The van der Waals surface area contributed by atoms with Gasteiger partial charge in [0.1, 0.15) is 6.10 Å². The Kier molecular flexibility index (Phi) is 5.64. The maximum Gasteiger partial charge on any atom is 0.104 e. The van der Waals surface area contributed by atoms with Gasteiger partial charge in [-0.2, -0.15) is 0 Å². The molecule has 2 aromatic carbocycles. The highest BCUT2D eigenvalue weighted by Gasteiger charge is 2.27. The second-order valence-corrected chi connectivity index (χ2v) is 8.03. The Hall–Kier alpha value is -1.60. The Morgan fingerprint density at radius 1 is 0.783 bits per heavy atom. The molecular formula is C22H30O. The second-order valence-electron chi connectivity index (χ2n) is 8.03. The average molecular weight is 310 g/mol. The molecule has 0 spiro atoms. The molecule has 0 fully saturated rings. The zero-order valence-corrected chi connectivity index (χ0v) is 15.1. The minimum atomic E-state index is -0.552. The van der Waals surface area contributed by atoms with E-state index in [2.05, 4.69) is 58.9 Å². The highest BCUT2D eigenvalue weighted by atomic mass is 16.3. The first-order chi connectivity index (χ1) is 10.8. The zero-order chi connectivity index (χ0) is 17.0. The SMILES string of the molecule is CC(C)CC(c1ccc(C(O)c2ccccc2)cc1)C(C)(C)C. The van der Waals surface area contributed by atoms with E-state index in [1.165, 1.54) is 12.0 Å². The van der Waals surface area contributed by atoms with Gasteiger partial charge in [-0.05, 0) is 40.4 Å². The van der Waals surface area contributed by atoms with Crippen molar-refractivity contribution in [3.63, 3.8) is 0 Å². The van der Waals surface area contributed by atoms with Gasteiger partial charge in [0.2, 0.25) is 0 Å². The van der Waals surface area contributed by atoms with Crippen molar-refractivity contribution >= 4 is 0 Å². The quantitative estimate of drug-likeness (QED) is 0.724. The van der Waals surface area contributed by atoms with E-state index in [1.54, 1.807) is 0 Å². The van der Waals surface area contributed by atoms with E-state index in [4.69, 9.17) is 0 Å². The molecule has 0 aromatic heterocycles. The average Bonchev–Trinajstić information content (AvgIpc) is 2.52. The highest BCUT2D eigenvalue weighted by Crippen LogP contribution is 2.40. The van der Waals surface area contributed by atoms with Gasteiger partial charge in [-0.1, -0.05) is 89.2 Å². The lowest BCUT2D eigenvalue weighted by Crippen LogP contribution is -2.20. The van der Waals surface area contributed by atoms with Gasteiger partial charge in [0, 0.05) is 0 Å². The summed E-state index contributed by atoms with van der Waals surface area (Å²) in [6.45, 7) is 11.5. The van der Waals surface area contributed by atoms with Crippen LogP contribution in [-0.4, -0.2) is 5.11 Å². The predicted octanol–water partition coefficient (Wildman–Crippen LogP) is 5.94. The summed E-state index contributed by atoms with van der Waals surface area (Å²) in [5, 5.41) is 10.5. The van der Waals surface area contributed by atoms with Gasteiger partial charge < -0.3 is 5.11 Å². The van der Waals surface area contributed by atoms with Gasteiger partial charge in [0.15, 0.2) is 0 Å². The third kappa shape index (κ3) is 4.68. The molecule has 2 aromatic rings. The van der Waals surface area contributed by atoms with Crippen molar-refractivity contribution in [2.24, 2.45) is 11.3 Å². The zero-order valence-electron chi connectivity index (χ0n) is 15.1. The number of aliphatic hydroxyl groups is 1. The second kappa shape index (κ2) is 7.31. The molecule has 124 valence electrons. The topological polar surface area (TPSA) is 20.2 Å². The van der Waals surface area contributed by atoms with Crippen molar-refractivity contribution in [3.05, 3.63) is 71.3 Å². The van der Waals surface area contributed by atoms with Crippen molar-refractivity contribution in [2.75, 3.05) is 0 Å². The lowest BCUT2D eigenvalue weighted by atomic mass is 9.72. The normalized spacial score (nSPS) is 14.7. The summed E-state index contributed by atoms with van der Waals surface area (Å²) in [6.07, 6.45) is 0.632. The molecule has 0 saturated heterocycles. The van der Waals surface area contributed by atoms with Gasteiger partial charge in [0.05, 0.1) is 0 Å². The molecule has 1 N–H and O–H groups in total. The molecule has 0 aliphatic carbocycles. The van der Waals surface area contributed by atoms with Crippen LogP contribution in [0.2, 0.25) is 0 Å². The number of aliphatic hydroxyl groups excluding tert-OH is 1. The Bertz CT molecular complexity index is 590. The van der Waals surface area contributed by atoms with Crippen LogP contribution in [0.1, 0.15) is 69.8 Å². The van der Waals surface area contributed by atoms with Crippen LogP contribution < -0.4 is 0 Å². The van der Waals surface area contributed by atoms with Crippen LogP contribution in [0.5, 0.6) is 0 Å². The Labute approximate surface area is 141 Å². The fourth-order valence-corrected chi connectivity index (χ4v) is 3.20. The number of hydrogen-bond donors (Lipinski definition) is 1. The van der Waals surface area contributed by atoms with Gasteiger partial charge >= 0.3 is 0 Å². The monoisotopic (exact) mass is 310 g/mol. The standard InChI is InChI=1S/C22H30O/c1-16(2)15-20(22(3,4)5)17-11-13-19(14-12-17)21(23)18-9-7-6-8-10-18/h6-14,16,20-21,23H,15H2,1-5H3. The van der Waals surface area contributed by atoms with Gasteiger partial charge in [0.25, 0.3) is 0 Å². The van der Waals surface area contributed by atoms with Gasteiger partial charge in [-0.15, -0.1) is 0 Å². The van der Waals surface area contributed by atoms with Gasteiger partial charge in [-0.25, -0.2) is 0 Å². The summed E-state index contributed by atoms with van der Waals surface area (Å²) in [7, 11) is 0. The smallest absolute Gasteiger partial charge is 0.104 e. The first kappa shape index (κ1) is 17.7. The predicted molar refractivity (Wildman–Crippen MR) is 98.6 cm³/mol. The molecular weight excluding hydrogens is 280 g/mol. The van der Waals surface area contributed by atoms with E-state index in [0.29, 0.717) is 11.8 Å². The summed E-state index contributed by atoms with van der Waals surface area (Å²) in [5.41, 5.74) is 3.51.